The van der Waals surface area contributed by atoms with Crippen LogP contribution in [0.1, 0.15) is 74.3 Å². The van der Waals surface area contributed by atoms with Gasteiger partial charge in [-0.1, -0.05) is 104 Å². The number of nitrogens with zero attached hydrogens (tertiary/aromatic N) is 4. The molecule has 7 nitrogen and oxygen atoms in total. The Bertz CT molecular complexity index is 1810. The van der Waals surface area contributed by atoms with E-state index in [2.05, 4.69) is 36.7 Å². The molecule has 0 bridgehead atoms. The number of carbonyl (C=O) groups is 3. The molecule has 0 saturated carbocycles. The summed E-state index contributed by atoms with van der Waals surface area (Å²) in [6.07, 6.45) is 2.50. The number of amides is 3. The molecular weight excluding hydrogens is 572 g/mol. The van der Waals surface area contributed by atoms with Crippen molar-refractivity contribution in [2.45, 2.75) is 39.8 Å². The van der Waals surface area contributed by atoms with Gasteiger partial charge in [-0.2, -0.15) is 0 Å². The maximum Gasteiger partial charge on any atom is 0.261 e. The predicted molar refractivity (Wildman–Crippen MR) is 179 cm³/mol. The second kappa shape index (κ2) is 13.4. The quantitative estimate of drug-likeness (QED) is 0.146. The van der Waals surface area contributed by atoms with Crippen LogP contribution in [0.15, 0.2) is 115 Å². The van der Waals surface area contributed by atoms with E-state index in [1.165, 1.54) is 4.90 Å². The lowest BCUT2D eigenvalue weighted by Gasteiger charge is -2.35. The molecule has 0 fully saturated rings. The highest BCUT2D eigenvalue weighted by Crippen LogP contribution is 2.33. The molecule has 2 heterocycles. The lowest BCUT2D eigenvalue weighted by atomic mass is 9.99. The molecule has 1 aromatic heterocycles. The lowest BCUT2D eigenvalue weighted by Crippen LogP contribution is -2.41. The van der Waals surface area contributed by atoms with Gasteiger partial charge in [0.1, 0.15) is 5.82 Å². The fourth-order valence-electron chi connectivity index (χ4n) is 6.19. The third-order valence-electron chi connectivity index (χ3n) is 8.52. The molecular formula is C39H38N4O3. The molecule has 6 rings (SSSR count). The van der Waals surface area contributed by atoms with Gasteiger partial charge in [0.25, 0.3) is 17.7 Å². The Kier molecular flexibility index (Phi) is 8.92. The smallest absolute Gasteiger partial charge is 0.261 e. The molecule has 1 atom stereocenters. The van der Waals surface area contributed by atoms with Gasteiger partial charge in [0, 0.05) is 37.0 Å². The number of imide groups is 1. The van der Waals surface area contributed by atoms with E-state index in [0.717, 1.165) is 28.2 Å². The summed E-state index contributed by atoms with van der Waals surface area (Å²) >= 11 is 0. The highest BCUT2D eigenvalue weighted by atomic mass is 16.2. The number of hydrogen-bond donors (Lipinski definition) is 0. The molecule has 7 heteroatoms. The molecule has 0 aliphatic carbocycles. The van der Waals surface area contributed by atoms with E-state index in [1.54, 1.807) is 24.3 Å². The minimum Gasteiger partial charge on any atom is -0.328 e. The van der Waals surface area contributed by atoms with Gasteiger partial charge in [0.2, 0.25) is 0 Å². The minimum atomic E-state index is -0.378. The van der Waals surface area contributed by atoms with E-state index in [9.17, 15) is 14.4 Å². The first-order valence-corrected chi connectivity index (χ1v) is 15.8. The third-order valence-corrected chi connectivity index (χ3v) is 8.52. The van der Waals surface area contributed by atoms with Gasteiger partial charge in [0.15, 0.2) is 0 Å². The van der Waals surface area contributed by atoms with Crippen LogP contribution in [0.2, 0.25) is 0 Å². The number of aryl methyl sites for hydroxylation is 1. The topological polar surface area (TPSA) is 75.5 Å². The Hall–Kier alpha value is -5.30. The first kappa shape index (κ1) is 30.7. The molecule has 1 aliphatic rings. The average Bonchev–Trinajstić information content (AvgIpc) is 3.59. The summed E-state index contributed by atoms with van der Waals surface area (Å²) in [5, 5.41) is 0. The Morgan fingerprint density at radius 2 is 1.37 bits per heavy atom. The third kappa shape index (κ3) is 6.26. The summed E-state index contributed by atoms with van der Waals surface area (Å²) in [4.78, 5) is 49.0. The van der Waals surface area contributed by atoms with Crippen molar-refractivity contribution < 1.29 is 14.4 Å². The summed E-state index contributed by atoms with van der Waals surface area (Å²) in [5.74, 6) is 0.108. The maximum atomic E-state index is 14.4. The van der Waals surface area contributed by atoms with E-state index in [4.69, 9.17) is 4.98 Å². The van der Waals surface area contributed by atoms with Crippen molar-refractivity contribution in [2.75, 3.05) is 13.1 Å². The fourth-order valence-corrected chi connectivity index (χ4v) is 6.19. The number of fused-ring (bicyclic) bond motifs is 1. The molecule has 0 saturated heterocycles. The Balaban J connectivity index is 1.37. The predicted octanol–water partition coefficient (Wildman–Crippen LogP) is 7.43. The number of hydrogen-bond acceptors (Lipinski definition) is 4. The van der Waals surface area contributed by atoms with Crippen LogP contribution in [0.4, 0.5) is 0 Å². The fraction of sp³-hybridized carbons (Fsp3) is 0.231. The standard InChI is InChI=1S/C39H38N4O3/c1-27(2)35(36-40-34(30-15-8-5-9-16-30)26-41(36)25-29-13-6-4-7-14-29)42(37(44)31-21-19-28(3)20-22-31)23-12-24-43-38(45)32-17-10-11-18-33(32)39(43)46/h4-11,13-22,26-27,35H,12,23-25H2,1-3H3/t35-/m1/s1. The van der Waals surface area contributed by atoms with Crippen LogP contribution in [0.25, 0.3) is 11.3 Å². The van der Waals surface area contributed by atoms with Crippen molar-refractivity contribution in [1.29, 1.82) is 0 Å². The summed E-state index contributed by atoms with van der Waals surface area (Å²) < 4.78 is 2.15. The minimum absolute atomic E-state index is 0.00857. The van der Waals surface area contributed by atoms with Crippen LogP contribution < -0.4 is 0 Å². The molecule has 46 heavy (non-hydrogen) atoms. The van der Waals surface area contributed by atoms with E-state index < -0.39 is 0 Å². The molecule has 0 N–H and O–H groups in total. The van der Waals surface area contributed by atoms with E-state index >= 15 is 0 Å². The highest BCUT2D eigenvalue weighted by molar-refractivity contribution is 6.21. The molecule has 1 aliphatic heterocycles. The van der Waals surface area contributed by atoms with Gasteiger partial charge in [-0.15, -0.1) is 0 Å². The van der Waals surface area contributed by atoms with Gasteiger partial charge in [-0.05, 0) is 49.1 Å². The monoisotopic (exact) mass is 610 g/mol. The first-order chi connectivity index (χ1) is 22.3. The summed E-state index contributed by atoms with van der Waals surface area (Å²) in [6, 6.07) is 34.4. The number of carbonyl (C=O) groups excluding carboxylic acids is 3. The summed E-state index contributed by atoms with van der Waals surface area (Å²) in [5.41, 5.74) is 5.48. The van der Waals surface area contributed by atoms with Crippen LogP contribution in [-0.4, -0.2) is 50.2 Å². The van der Waals surface area contributed by atoms with Crippen LogP contribution in [-0.2, 0) is 6.54 Å². The van der Waals surface area contributed by atoms with Crippen molar-refractivity contribution in [3.63, 3.8) is 0 Å². The Morgan fingerprint density at radius 3 is 1.98 bits per heavy atom. The summed E-state index contributed by atoms with van der Waals surface area (Å²) in [6.45, 7) is 7.35. The molecule has 5 aromatic rings. The Morgan fingerprint density at radius 1 is 0.783 bits per heavy atom. The normalized spacial score (nSPS) is 13.3. The van der Waals surface area contributed by atoms with Crippen LogP contribution in [0, 0.1) is 12.8 Å². The van der Waals surface area contributed by atoms with Crippen molar-refractivity contribution in [3.05, 3.63) is 149 Å². The van der Waals surface area contributed by atoms with Crippen LogP contribution >= 0.6 is 0 Å². The molecule has 4 aromatic carbocycles. The second-order valence-corrected chi connectivity index (χ2v) is 12.2. The van der Waals surface area contributed by atoms with Gasteiger partial charge < -0.3 is 9.47 Å². The molecule has 0 radical (unpaired) electrons. The number of imidazole rings is 1. The first-order valence-electron chi connectivity index (χ1n) is 15.8. The zero-order chi connectivity index (χ0) is 32.2. The molecule has 0 spiro atoms. The largest absolute Gasteiger partial charge is 0.328 e. The van der Waals surface area contributed by atoms with Gasteiger partial charge in [-0.25, -0.2) is 4.98 Å². The highest BCUT2D eigenvalue weighted by Gasteiger charge is 2.36. The van der Waals surface area contributed by atoms with Crippen molar-refractivity contribution >= 4 is 17.7 Å². The molecule has 3 amide bonds. The average molecular weight is 611 g/mol. The molecule has 0 unspecified atom stereocenters. The summed E-state index contributed by atoms with van der Waals surface area (Å²) in [7, 11) is 0. The zero-order valence-electron chi connectivity index (χ0n) is 26.5. The Labute approximate surface area is 270 Å². The van der Waals surface area contributed by atoms with E-state index in [-0.39, 0.29) is 36.2 Å². The second-order valence-electron chi connectivity index (χ2n) is 12.2. The maximum absolute atomic E-state index is 14.4. The van der Waals surface area contributed by atoms with E-state index in [1.807, 2.05) is 84.6 Å². The van der Waals surface area contributed by atoms with E-state index in [0.29, 0.717) is 36.2 Å². The number of benzene rings is 4. The lowest BCUT2D eigenvalue weighted by molar-refractivity contribution is 0.0575. The van der Waals surface area contributed by atoms with Gasteiger partial charge in [-0.3, -0.25) is 19.3 Å². The van der Waals surface area contributed by atoms with Gasteiger partial charge in [0.05, 0.1) is 22.9 Å². The van der Waals surface area contributed by atoms with Crippen LogP contribution in [0.5, 0.6) is 0 Å². The molecule has 232 valence electrons. The SMILES string of the molecule is Cc1ccc(C(=O)N(CCCN2C(=O)c3ccccc3C2=O)[C@@H](c2nc(-c3ccccc3)cn2Cc2ccccc2)C(C)C)cc1. The van der Waals surface area contributed by atoms with Crippen molar-refractivity contribution in [1.82, 2.24) is 19.4 Å². The number of rotatable bonds is 11. The van der Waals surface area contributed by atoms with Gasteiger partial charge >= 0.3 is 0 Å². The number of aromatic nitrogens is 2. The zero-order valence-corrected chi connectivity index (χ0v) is 26.5. The van der Waals surface area contributed by atoms with Crippen molar-refractivity contribution in [2.24, 2.45) is 5.92 Å². The van der Waals surface area contributed by atoms with Crippen molar-refractivity contribution in [3.8, 4) is 11.3 Å². The van der Waals surface area contributed by atoms with Crippen LogP contribution in [0.3, 0.4) is 0 Å².